The molecular weight excluding hydrogens is 197 g/mol. The van der Waals surface area contributed by atoms with Gasteiger partial charge in [-0.2, -0.15) is 4.39 Å². The molecule has 0 spiro atoms. The first-order valence-corrected chi connectivity index (χ1v) is 4.89. The van der Waals surface area contributed by atoms with E-state index in [1.54, 1.807) is 0 Å². The van der Waals surface area contributed by atoms with Gasteiger partial charge in [0, 0.05) is 6.04 Å². The number of rotatable bonds is 4. The molecule has 1 aliphatic rings. The van der Waals surface area contributed by atoms with Crippen molar-refractivity contribution in [2.24, 2.45) is 0 Å². The molecule has 0 unspecified atom stereocenters. The number of anilines is 1. The summed E-state index contributed by atoms with van der Waals surface area (Å²) in [5.74, 6) is -0.681. The molecule has 4 nitrogen and oxygen atoms in total. The van der Waals surface area contributed by atoms with Crippen LogP contribution in [0.1, 0.15) is 12.8 Å². The number of amides is 1. The molecule has 1 amide bonds. The Kier molecular flexibility index (Phi) is 2.91. The second-order valence-electron chi connectivity index (χ2n) is 3.57. The average Bonchev–Trinajstić information content (AvgIpc) is 3.02. The van der Waals surface area contributed by atoms with E-state index < -0.39 is 5.95 Å². The van der Waals surface area contributed by atoms with Crippen LogP contribution in [0.25, 0.3) is 0 Å². The van der Waals surface area contributed by atoms with Crippen molar-refractivity contribution in [3.8, 4) is 0 Å². The summed E-state index contributed by atoms with van der Waals surface area (Å²) in [6, 6.07) is 3.20. The van der Waals surface area contributed by atoms with Gasteiger partial charge in [0.25, 0.3) is 0 Å². The molecule has 2 N–H and O–H groups in total. The highest BCUT2D eigenvalue weighted by Crippen LogP contribution is 2.18. The number of carbonyl (C=O) groups excluding carboxylic acids is 1. The van der Waals surface area contributed by atoms with Gasteiger partial charge in [0.1, 0.15) is 0 Å². The van der Waals surface area contributed by atoms with Gasteiger partial charge < -0.3 is 10.6 Å². The highest BCUT2D eigenvalue weighted by Gasteiger charge is 2.21. The number of nitrogens with one attached hydrogen (secondary N) is 2. The van der Waals surface area contributed by atoms with Crippen LogP contribution in [0.4, 0.5) is 10.1 Å². The monoisotopic (exact) mass is 209 g/mol. The highest BCUT2D eigenvalue weighted by molar-refractivity contribution is 5.92. The van der Waals surface area contributed by atoms with Crippen molar-refractivity contribution >= 4 is 11.6 Å². The molecule has 0 aromatic carbocycles. The second kappa shape index (κ2) is 4.35. The van der Waals surface area contributed by atoms with E-state index in [0.29, 0.717) is 18.3 Å². The summed E-state index contributed by atoms with van der Waals surface area (Å²) in [5, 5.41) is 5.70. The first-order chi connectivity index (χ1) is 7.24. The van der Waals surface area contributed by atoms with Crippen molar-refractivity contribution in [1.29, 1.82) is 0 Å². The molecule has 0 atom stereocenters. The Morgan fingerprint density at radius 2 is 2.33 bits per heavy atom. The SMILES string of the molecule is O=C(CNC1CC1)Nc1ccc(F)nc1. The molecule has 0 saturated heterocycles. The van der Waals surface area contributed by atoms with E-state index in [0.717, 1.165) is 12.8 Å². The van der Waals surface area contributed by atoms with E-state index in [9.17, 15) is 9.18 Å². The van der Waals surface area contributed by atoms with Gasteiger partial charge in [-0.1, -0.05) is 0 Å². The Bertz CT molecular complexity index is 348. The topological polar surface area (TPSA) is 54.0 Å². The van der Waals surface area contributed by atoms with Crippen LogP contribution in [-0.2, 0) is 4.79 Å². The molecule has 1 aliphatic carbocycles. The molecule has 1 heterocycles. The lowest BCUT2D eigenvalue weighted by molar-refractivity contribution is -0.115. The molecule has 2 rings (SSSR count). The number of nitrogens with zero attached hydrogens (tertiary/aromatic N) is 1. The van der Waals surface area contributed by atoms with Crippen LogP contribution < -0.4 is 10.6 Å². The smallest absolute Gasteiger partial charge is 0.238 e. The van der Waals surface area contributed by atoms with Gasteiger partial charge in [-0.15, -0.1) is 0 Å². The number of carbonyl (C=O) groups is 1. The molecule has 80 valence electrons. The Morgan fingerprint density at radius 1 is 1.53 bits per heavy atom. The lowest BCUT2D eigenvalue weighted by atomic mass is 10.4. The molecule has 0 radical (unpaired) electrons. The number of pyridine rings is 1. The fourth-order valence-corrected chi connectivity index (χ4v) is 1.18. The molecule has 15 heavy (non-hydrogen) atoms. The minimum absolute atomic E-state index is 0.129. The summed E-state index contributed by atoms with van der Waals surface area (Å²) < 4.78 is 12.5. The molecule has 1 aromatic heterocycles. The summed E-state index contributed by atoms with van der Waals surface area (Å²) in [4.78, 5) is 14.8. The molecule has 1 aromatic rings. The second-order valence-corrected chi connectivity index (χ2v) is 3.57. The van der Waals surface area contributed by atoms with Crippen LogP contribution in [-0.4, -0.2) is 23.5 Å². The van der Waals surface area contributed by atoms with Crippen molar-refractivity contribution < 1.29 is 9.18 Å². The Balaban J connectivity index is 1.79. The van der Waals surface area contributed by atoms with Crippen molar-refractivity contribution in [3.05, 3.63) is 24.3 Å². The van der Waals surface area contributed by atoms with Crippen LogP contribution >= 0.6 is 0 Å². The molecular formula is C10H12FN3O. The first kappa shape index (κ1) is 10.0. The van der Waals surface area contributed by atoms with Crippen LogP contribution in [0.3, 0.4) is 0 Å². The zero-order valence-electron chi connectivity index (χ0n) is 8.16. The van der Waals surface area contributed by atoms with E-state index in [1.165, 1.54) is 18.3 Å². The van der Waals surface area contributed by atoms with Gasteiger partial charge in [-0.05, 0) is 25.0 Å². The maximum absolute atomic E-state index is 12.5. The Labute approximate surface area is 86.9 Å². The third kappa shape index (κ3) is 3.28. The summed E-state index contributed by atoms with van der Waals surface area (Å²) in [6.07, 6.45) is 3.58. The van der Waals surface area contributed by atoms with Gasteiger partial charge >= 0.3 is 0 Å². The molecule has 0 aliphatic heterocycles. The van der Waals surface area contributed by atoms with Gasteiger partial charge in [-0.25, -0.2) is 4.98 Å². The number of hydrogen-bond donors (Lipinski definition) is 2. The molecule has 1 fully saturated rings. The molecule has 5 heteroatoms. The summed E-state index contributed by atoms with van der Waals surface area (Å²) >= 11 is 0. The predicted molar refractivity (Wildman–Crippen MR) is 53.8 cm³/mol. The minimum atomic E-state index is -0.552. The van der Waals surface area contributed by atoms with Crippen molar-refractivity contribution in [2.75, 3.05) is 11.9 Å². The summed E-state index contributed by atoms with van der Waals surface area (Å²) in [6.45, 7) is 0.294. The van der Waals surface area contributed by atoms with E-state index >= 15 is 0 Å². The maximum atomic E-state index is 12.5. The predicted octanol–water partition coefficient (Wildman–Crippen LogP) is 0.911. The normalized spacial score (nSPS) is 15.0. The van der Waals surface area contributed by atoms with E-state index in [-0.39, 0.29) is 5.91 Å². The van der Waals surface area contributed by atoms with E-state index in [1.807, 2.05) is 0 Å². The Hall–Kier alpha value is -1.49. The minimum Gasteiger partial charge on any atom is -0.324 e. The van der Waals surface area contributed by atoms with Gasteiger partial charge in [-0.3, -0.25) is 4.79 Å². The van der Waals surface area contributed by atoms with Crippen LogP contribution in [0.15, 0.2) is 18.3 Å². The van der Waals surface area contributed by atoms with Gasteiger partial charge in [0.05, 0.1) is 18.4 Å². The average molecular weight is 209 g/mol. The van der Waals surface area contributed by atoms with E-state index in [2.05, 4.69) is 15.6 Å². The van der Waals surface area contributed by atoms with E-state index in [4.69, 9.17) is 0 Å². The molecule has 0 bridgehead atoms. The fraction of sp³-hybridized carbons (Fsp3) is 0.400. The van der Waals surface area contributed by atoms with Crippen molar-refractivity contribution in [1.82, 2.24) is 10.3 Å². The standard InChI is InChI=1S/C10H12FN3O/c11-9-4-3-8(5-13-9)14-10(15)6-12-7-1-2-7/h3-5,7,12H,1-2,6H2,(H,14,15). The highest BCUT2D eigenvalue weighted by atomic mass is 19.1. The quantitative estimate of drug-likeness (QED) is 0.725. The zero-order chi connectivity index (χ0) is 10.7. The number of hydrogen-bond acceptors (Lipinski definition) is 3. The first-order valence-electron chi connectivity index (χ1n) is 4.89. The third-order valence-electron chi connectivity index (χ3n) is 2.14. The zero-order valence-corrected chi connectivity index (χ0v) is 8.16. The summed E-state index contributed by atoms with van der Waals surface area (Å²) in [5.41, 5.74) is 0.513. The van der Waals surface area contributed by atoms with Gasteiger partial charge in [0.2, 0.25) is 11.9 Å². The van der Waals surface area contributed by atoms with Crippen LogP contribution in [0.5, 0.6) is 0 Å². The Morgan fingerprint density at radius 3 is 2.93 bits per heavy atom. The summed E-state index contributed by atoms with van der Waals surface area (Å²) in [7, 11) is 0. The fourth-order valence-electron chi connectivity index (χ4n) is 1.18. The largest absolute Gasteiger partial charge is 0.324 e. The van der Waals surface area contributed by atoms with Crippen LogP contribution in [0, 0.1) is 5.95 Å². The van der Waals surface area contributed by atoms with Crippen molar-refractivity contribution in [3.63, 3.8) is 0 Å². The lowest BCUT2D eigenvalue weighted by Crippen LogP contribution is -2.29. The molecule has 1 saturated carbocycles. The maximum Gasteiger partial charge on any atom is 0.238 e. The third-order valence-corrected chi connectivity index (χ3v) is 2.14. The lowest BCUT2D eigenvalue weighted by Gasteiger charge is -2.04. The van der Waals surface area contributed by atoms with Gasteiger partial charge in [0.15, 0.2) is 0 Å². The number of halogens is 1. The van der Waals surface area contributed by atoms with Crippen molar-refractivity contribution in [2.45, 2.75) is 18.9 Å². The number of aromatic nitrogens is 1. The van der Waals surface area contributed by atoms with Crippen LogP contribution in [0.2, 0.25) is 0 Å².